The zero-order valence-electron chi connectivity index (χ0n) is 18.2. The number of benzene rings is 1. The van der Waals surface area contributed by atoms with Crippen LogP contribution < -0.4 is 10.6 Å². The van der Waals surface area contributed by atoms with Crippen molar-refractivity contribution >= 4 is 45.6 Å². The van der Waals surface area contributed by atoms with Crippen molar-refractivity contribution in [2.45, 2.75) is 47.6 Å². The van der Waals surface area contributed by atoms with Crippen LogP contribution >= 0.6 is 23.6 Å². The van der Waals surface area contributed by atoms with Gasteiger partial charge in [-0.2, -0.15) is 0 Å². The Labute approximate surface area is 187 Å². The zero-order valence-corrected chi connectivity index (χ0v) is 19.8. The summed E-state index contributed by atoms with van der Waals surface area (Å²) in [5.74, 6) is -0.977. The van der Waals surface area contributed by atoms with Crippen LogP contribution in [0.3, 0.4) is 0 Å². The Hall–Kier alpha value is -2.45. The molecule has 0 aliphatic heterocycles. The Kier molecular flexibility index (Phi) is 8.37. The number of hydrogen-bond acceptors (Lipinski definition) is 6. The normalized spacial score (nSPS) is 11.5. The Morgan fingerprint density at radius 1 is 1.07 bits per heavy atom. The van der Waals surface area contributed by atoms with Crippen molar-refractivity contribution in [3.05, 3.63) is 50.9 Å². The van der Waals surface area contributed by atoms with Gasteiger partial charge in [-0.15, -0.1) is 11.3 Å². The summed E-state index contributed by atoms with van der Waals surface area (Å²) in [6.07, 6.45) is 0. The van der Waals surface area contributed by atoms with E-state index in [1.165, 1.54) is 11.1 Å². The van der Waals surface area contributed by atoms with Gasteiger partial charge in [-0.1, -0.05) is 18.2 Å². The molecule has 0 aliphatic carbocycles. The Bertz CT molecular complexity index is 953. The molecular formula is C22H28N2O4S2. The first-order valence-corrected chi connectivity index (χ1v) is 11.0. The van der Waals surface area contributed by atoms with Gasteiger partial charge < -0.3 is 20.1 Å². The van der Waals surface area contributed by atoms with Gasteiger partial charge in [0, 0.05) is 0 Å². The van der Waals surface area contributed by atoms with Crippen LogP contribution in [0.2, 0.25) is 0 Å². The fraction of sp³-hybridized carbons (Fsp3) is 0.409. The lowest BCUT2D eigenvalue weighted by Crippen LogP contribution is -2.31. The van der Waals surface area contributed by atoms with Gasteiger partial charge in [0.2, 0.25) is 0 Å². The highest BCUT2D eigenvalue weighted by atomic mass is 32.1. The van der Waals surface area contributed by atoms with E-state index < -0.39 is 11.9 Å². The third kappa shape index (κ3) is 5.58. The van der Waals surface area contributed by atoms with Gasteiger partial charge in [0.15, 0.2) is 5.11 Å². The molecule has 1 aromatic carbocycles. The number of esters is 2. The maximum atomic E-state index is 12.5. The van der Waals surface area contributed by atoms with Crippen molar-refractivity contribution in [1.29, 1.82) is 0 Å². The fourth-order valence-corrected chi connectivity index (χ4v) is 4.33. The Morgan fingerprint density at radius 2 is 1.70 bits per heavy atom. The summed E-state index contributed by atoms with van der Waals surface area (Å²) in [6.45, 7) is 11.8. The second-order valence-electron chi connectivity index (χ2n) is 6.87. The molecule has 2 rings (SSSR count). The standard InChI is InChI=1S/C22H28N2O4S2/c1-7-27-20(25)17-14(5)18(21(26)28-8-2)30-19(17)24-22(29)23-15(6)16-10-9-12(3)13(4)11-16/h9-11,15H,7-8H2,1-6H3,(H2,23,24,29). The quantitative estimate of drug-likeness (QED) is 0.452. The number of carbonyl (C=O) groups excluding carboxylic acids is 2. The van der Waals surface area contributed by atoms with Crippen LogP contribution in [0.1, 0.15) is 69.1 Å². The molecule has 8 heteroatoms. The van der Waals surface area contributed by atoms with E-state index in [1.54, 1.807) is 20.8 Å². The molecule has 0 amide bonds. The van der Waals surface area contributed by atoms with Crippen LogP contribution in [-0.2, 0) is 9.47 Å². The van der Waals surface area contributed by atoms with E-state index in [9.17, 15) is 9.59 Å². The number of carbonyl (C=O) groups is 2. The SMILES string of the molecule is CCOC(=O)c1sc(NC(=S)NC(C)c2ccc(C)c(C)c2)c(C(=O)OCC)c1C. The number of thiophene rings is 1. The molecule has 1 aromatic heterocycles. The average Bonchev–Trinajstić information content (AvgIpc) is 3.00. The van der Waals surface area contributed by atoms with E-state index in [2.05, 4.69) is 42.7 Å². The molecular weight excluding hydrogens is 420 g/mol. The molecule has 0 aliphatic rings. The van der Waals surface area contributed by atoms with Gasteiger partial charge in [-0.05, 0) is 76.0 Å². The number of anilines is 1. The number of hydrogen-bond donors (Lipinski definition) is 2. The summed E-state index contributed by atoms with van der Waals surface area (Å²) in [5.41, 5.74) is 4.35. The molecule has 0 radical (unpaired) electrons. The van der Waals surface area contributed by atoms with Gasteiger partial charge in [0.05, 0.1) is 24.8 Å². The largest absolute Gasteiger partial charge is 0.462 e. The maximum absolute atomic E-state index is 12.5. The van der Waals surface area contributed by atoms with Crippen LogP contribution in [0.5, 0.6) is 0 Å². The molecule has 1 heterocycles. The lowest BCUT2D eigenvalue weighted by Gasteiger charge is -2.18. The minimum atomic E-state index is -0.505. The number of rotatable bonds is 7. The smallest absolute Gasteiger partial charge is 0.348 e. The summed E-state index contributed by atoms with van der Waals surface area (Å²) < 4.78 is 10.3. The number of ether oxygens (including phenoxy) is 2. The fourth-order valence-electron chi connectivity index (χ4n) is 2.90. The van der Waals surface area contributed by atoms with Crippen LogP contribution in [0.15, 0.2) is 18.2 Å². The molecule has 2 N–H and O–H groups in total. The molecule has 1 unspecified atom stereocenters. The van der Waals surface area contributed by atoms with Crippen molar-refractivity contribution in [3.8, 4) is 0 Å². The predicted molar refractivity (Wildman–Crippen MR) is 125 cm³/mol. The van der Waals surface area contributed by atoms with E-state index in [0.29, 0.717) is 26.1 Å². The Balaban J connectivity index is 2.25. The lowest BCUT2D eigenvalue weighted by molar-refractivity contribution is 0.0527. The predicted octanol–water partition coefficient (Wildman–Crippen LogP) is 5.07. The first-order chi connectivity index (χ1) is 14.2. The summed E-state index contributed by atoms with van der Waals surface area (Å²) in [6, 6.07) is 6.21. The molecule has 6 nitrogen and oxygen atoms in total. The van der Waals surface area contributed by atoms with E-state index in [0.717, 1.165) is 16.9 Å². The topological polar surface area (TPSA) is 76.7 Å². The highest BCUT2D eigenvalue weighted by molar-refractivity contribution is 7.80. The third-order valence-corrected chi connectivity index (χ3v) is 6.10. The van der Waals surface area contributed by atoms with Gasteiger partial charge in [-0.3, -0.25) is 0 Å². The summed E-state index contributed by atoms with van der Waals surface area (Å²) >= 11 is 6.60. The van der Waals surface area contributed by atoms with E-state index in [1.807, 2.05) is 6.92 Å². The van der Waals surface area contributed by atoms with Gasteiger partial charge in [-0.25, -0.2) is 9.59 Å². The van der Waals surface area contributed by atoms with Crippen molar-refractivity contribution < 1.29 is 19.1 Å². The summed E-state index contributed by atoms with van der Waals surface area (Å²) in [5, 5.41) is 7.10. The van der Waals surface area contributed by atoms with Crippen LogP contribution in [0.25, 0.3) is 0 Å². The second kappa shape index (κ2) is 10.5. The van der Waals surface area contributed by atoms with E-state index in [4.69, 9.17) is 21.7 Å². The van der Waals surface area contributed by atoms with Gasteiger partial charge in [0.25, 0.3) is 0 Å². The zero-order chi connectivity index (χ0) is 22.4. The summed E-state index contributed by atoms with van der Waals surface area (Å²) in [7, 11) is 0. The van der Waals surface area contributed by atoms with Crippen molar-refractivity contribution in [1.82, 2.24) is 5.32 Å². The van der Waals surface area contributed by atoms with E-state index >= 15 is 0 Å². The van der Waals surface area contributed by atoms with Crippen LogP contribution in [0, 0.1) is 20.8 Å². The Morgan fingerprint density at radius 3 is 2.30 bits per heavy atom. The lowest BCUT2D eigenvalue weighted by atomic mass is 10.0. The summed E-state index contributed by atoms with van der Waals surface area (Å²) in [4.78, 5) is 25.1. The maximum Gasteiger partial charge on any atom is 0.348 e. The molecule has 0 saturated heterocycles. The van der Waals surface area contributed by atoms with Gasteiger partial charge >= 0.3 is 11.9 Å². The van der Waals surface area contributed by atoms with Crippen molar-refractivity contribution in [2.75, 3.05) is 18.5 Å². The first-order valence-electron chi connectivity index (χ1n) is 9.81. The minimum absolute atomic E-state index is 0.0408. The molecule has 0 saturated carbocycles. The monoisotopic (exact) mass is 448 g/mol. The molecule has 2 aromatic rings. The molecule has 162 valence electrons. The van der Waals surface area contributed by atoms with Crippen LogP contribution in [-0.4, -0.2) is 30.3 Å². The molecule has 1 atom stereocenters. The minimum Gasteiger partial charge on any atom is -0.462 e. The number of nitrogens with one attached hydrogen (secondary N) is 2. The third-order valence-electron chi connectivity index (χ3n) is 4.69. The molecule has 30 heavy (non-hydrogen) atoms. The van der Waals surface area contributed by atoms with Gasteiger partial charge in [0.1, 0.15) is 9.88 Å². The molecule has 0 spiro atoms. The second-order valence-corrected chi connectivity index (χ2v) is 8.29. The highest BCUT2D eigenvalue weighted by Gasteiger charge is 2.27. The van der Waals surface area contributed by atoms with E-state index in [-0.39, 0.29) is 19.3 Å². The molecule has 0 bridgehead atoms. The highest BCUT2D eigenvalue weighted by Crippen LogP contribution is 2.34. The van der Waals surface area contributed by atoms with Crippen molar-refractivity contribution in [2.24, 2.45) is 0 Å². The number of thiocarbonyl (C=S) groups is 1. The average molecular weight is 449 g/mol. The van der Waals surface area contributed by atoms with Crippen molar-refractivity contribution in [3.63, 3.8) is 0 Å². The molecule has 0 fully saturated rings. The van der Waals surface area contributed by atoms with Crippen LogP contribution in [0.4, 0.5) is 5.00 Å². The first kappa shape index (κ1) is 23.8. The number of aryl methyl sites for hydroxylation is 2.